The SMILES string of the molecule is CC(C)C[C@@H](CNC(=O)C[C@H](CCCN)NC(=O)[C@H](CNC(=O)C[C@H](CCCN)NC(=O)[C@H](CNC(=O)C[C@H](Cc1ccccc1)NC(=O)[C@H](CNC(=O)C[C@@H](N)Cc1ccccc1)C(C)C)CC(C)C)CC(C)C)C(=O)N[C@H](CC(=O)O)Cc1ccccc1. The van der Waals surface area contributed by atoms with Gasteiger partial charge in [0.25, 0.3) is 0 Å². The summed E-state index contributed by atoms with van der Waals surface area (Å²) in [5.74, 6) is -6.34. The van der Waals surface area contributed by atoms with E-state index in [-0.39, 0.29) is 123 Å². The molecule has 21 heteroatoms. The molecule has 0 aromatic heterocycles. The van der Waals surface area contributed by atoms with Gasteiger partial charge in [-0.2, -0.15) is 0 Å². The van der Waals surface area contributed by atoms with Crippen LogP contribution in [0.1, 0.15) is 149 Å². The minimum absolute atomic E-state index is 0.000409. The van der Waals surface area contributed by atoms with Gasteiger partial charge in [-0.1, -0.05) is 146 Å². The van der Waals surface area contributed by atoms with E-state index in [1.54, 1.807) is 0 Å². The van der Waals surface area contributed by atoms with Gasteiger partial charge in [0.15, 0.2) is 0 Å². The molecule has 0 aliphatic rings. The maximum Gasteiger partial charge on any atom is 0.305 e. The third-order valence-electron chi connectivity index (χ3n) is 15.7. The lowest BCUT2D eigenvalue weighted by Crippen LogP contribution is -2.49. The molecular weight excluding hydrogens is 1140 g/mol. The quantitative estimate of drug-likeness (QED) is 0.0346. The highest BCUT2D eigenvalue weighted by Crippen LogP contribution is 2.19. The molecule has 3 rings (SSSR count). The average molecular weight is 1250 g/mol. The van der Waals surface area contributed by atoms with Crippen molar-refractivity contribution in [2.45, 2.75) is 182 Å². The van der Waals surface area contributed by atoms with E-state index in [2.05, 4.69) is 42.5 Å². The van der Waals surface area contributed by atoms with E-state index in [9.17, 15) is 48.3 Å². The van der Waals surface area contributed by atoms with Crippen molar-refractivity contribution in [1.82, 2.24) is 42.5 Å². The van der Waals surface area contributed by atoms with E-state index in [1.165, 1.54) is 0 Å². The molecule has 3 aromatic rings. The van der Waals surface area contributed by atoms with Crippen LogP contribution < -0.4 is 59.7 Å². The molecular formula is C69H109N11O10. The number of benzene rings is 3. The molecule has 15 N–H and O–H groups in total. The molecule has 3 aromatic carbocycles. The van der Waals surface area contributed by atoms with Crippen LogP contribution in [0.3, 0.4) is 0 Å². The largest absolute Gasteiger partial charge is 0.481 e. The predicted octanol–water partition coefficient (Wildman–Crippen LogP) is 5.22. The van der Waals surface area contributed by atoms with Crippen molar-refractivity contribution in [3.8, 4) is 0 Å². The van der Waals surface area contributed by atoms with Crippen LogP contribution in [0.4, 0.5) is 0 Å². The first kappa shape index (κ1) is 77.0. The Hall–Kier alpha value is -7.23. The lowest BCUT2D eigenvalue weighted by atomic mass is 9.93. The van der Waals surface area contributed by atoms with Crippen molar-refractivity contribution in [2.75, 3.05) is 39.3 Å². The summed E-state index contributed by atoms with van der Waals surface area (Å²) >= 11 is 0. The van der Waals surface area contributed by atoms with Crippen LogP contribution in [0.25, 0.3) is 0 Å². The van der Waals surface area contributed by atoms with Gasteiger partial charge in [0.05, 0.1) is 30.1 Å². The molecule has 0 aliphatic heterocycles. The van der Waals surface area contributed by atoms with Gasteiger partial charge in [-0.25, -0.2) is 0 Å². The van der Waals surface area contributed by atoms with E-state index in [4.69, 9.17) is 17.2 Å². The topological polar surface area (TPSA) is 348 Å². The highest BCUT2D eigenvalue weighted by atomic mass is 16.4. The van der Waals surface area contributed by atoms with Gasteiger partial charge in [-0.3, -0.25) is 43.2 Å². The number of carboxylic acids is 1. The van der Waals surface area contributed by atoms with E-state index in [1.807, 2.05) is 146 Å². The molecule has 0 saturated carbocycles. The van der Waals surface area contributed by atoms with Crippen LogP contribution in [0.5, 0.6) is 0 Å². The molecule has 0 spiro atoms. The van der Waals surface area contributed by atoms with E-state index < -0.39 is 65.8 Å². The number of amides is 8. The van der Waals surface area contributed by atoms with Crippen molar-refractivity contribution < 1.29 is 48.3 Å². The number of carbonyl (C=O) groups is 9. The number of carbonyl (C=O) groups excluding carboxylic acids is 8. The summed E-state index contributed by atoms with van der Waals surface area (Å²) in [4.78, 5) is 122. The second kappa shape index (κ2) is 42.7. The summed E-state index contributed by atoms with van der Waals surface area (Å²) in [7, 11) is 0. The molecule has 0 fully saturated rings. The number of carboxylic acid groups (broad SMARTS) is 1. The van der Waals surface area contributed by atoms with Gasteiger partial charge in [-0.15, -0.1) is 0 Å². The van der Waals surface area contributed by atoms with Crippen LogP contribution in [0, 0.1) is 47.3 Å². The molecule has 0 aliphatic carbocycles. The molecule has 0 radical (unpaired) electrons. The number of hydrogen-bond acceptors (Lipinski definition) is 12. The zero-order chi connectivity index (χ0) is 66.5. The lowest BCUT2D eigenvalue weighted by Gasteiger charge is -2.26. The Morgan fingerprint density at radius 3 is 1.06 bits per heavy atom. The second-order valence-corrected chi connectivity index (χ2v) is 26.0. The van der Waals surface area contributed by atoms with Gasteiger partial charge < -0.3 is 64.8 Å². The first-order chi connectivity index (χ1) is 42.8. The summed E-state index contributed by atoms with van der Waals surface area (Å²) in [5, 5.41) is 33.4. The van der Waals surface area contributed by atoms with Gasteiger partial charge in [0, 0.05) is 82.1 Å². The minimum Gasteiger partial charge on any atom is -0.481 e. The highest BCUT2D eigenvalue weighted by Gasteiger charge is 2.31. The third-order valence-corrected chi connectivity index (χ3v) is 15.7. The fraction of sp³-hybridized carbons (Fsp3) is 0.609. The maximum absolute atomic E-state index is 14.2. The molecule has 0 bridgehead atoms. The van der Waals surface area contributed by atoms with Crippen LogP contribution in [0.15, 0.2) is 91.0 Å². The normalized spacial score (nSPS) is 14.4. The molecule has 500 valence electrons. The predicted molar refractivity (Wildman–Crippen MR) is 353 cm³/mol. The van der Waals surface area contributed by atoms with Crippen molar-refractivity contribution in [2.24, 2.45) is 64.5 Å². The molecule has 21 nitrogen and oxygen atoms in total. The van der Waals surface area contributed by atoms with E-state index >= 15 is 0 Å². The fourth-order valence-electron chi connectivity index (χ4n) is 11.1. The number of rotatable bonds is 45. The molecule has 0 saturated heterocycles. The molecule has 0 heterocycles. The van der Waals surface area contributed by atoms with Gasteiger partial charge in [0.2, 0.25) is 47.3 Å². The zero-order valence-electron chi connectivity index (χ0n) is 54.9. The molecule has 9 atom stereocenters. The van der Waals surface area contributed by atoms with E-state index in [0.29, 0.717) is 77.3 Å². The first-order valence-electron chi connectivity index (χ1n) is 32.6. The summed E-state index contributed by atoms with van der Waals surface area (Å²) in [6, 6.07) is 25.6. The number of aliphatic carboxylic acids is 1. The highest BCUT2D eigenvalue weighted by molar-refractivity contribution is 5.86. The number of nitrogens with two attached hydrogens (primary N) is 3. The maximum atomic E-state index is 14.2. The number of hydrogen-bond donors (Lipinski definition) is 12. The summed E-state index contributed by atoms with van der Waals surface area (Å²) in [5.41, 5.74) is 20.9. The first-order valence-corrected chi connectivity index (χ1v) is 32.6. The monoisotopic (exact) mass is 1250 g/mol. The van der Waals surface area contributed by atoms with E-state index in [0.717, 1.165) is 16.7 Å². The Kier molecular flexibility index (Phi) is 36.5. The summed E-state index contributed by atoms with van der Waals surface area (Å²) < 4.78 is 0. The van der Waals surface area contributed by atoms with Crippen LogP contribution in [0.2, 0.25) is 0 Å². The van der Waals surface area contributed by atoms with Crippen LogP contribution >= 0.6 is 0 Å². The number of nitrogens with one attached hydrogen (secondary N) is 8. The average Bonchev–Trinajstić information content (AvgIpc) is 3.64. The molecule has 8 amide bonds. The van der Waals surface area contributed by atoms with Crippen LogP contribution in [-0.2, 0) is 62.4 Å². The Bertz CT molecular complexity index is 2630. The Morgan fingerprint density at radius 1 is 0.400 bits per heavy atom. The standard InChI is InChI=1S/C69H109N11O10/c1-45(2)30-52(66(87)77-57(27-19-29-71)38-63(83)74-43-54(32-47(5)6)68(89)79-59(40-65(85)86)35-51-24-16-11-17-25-51)41-73-62(82)37-56(26-18-28-70)78-67(88)53(31-46(3)4)42-75-64(84)39-58(34-50-22-14-10-15-23-50)80-69(90)60(48(7)8)44-76-61(81)36-55(72)33-49-20-12-9-13-21-49/h9-17,20-25,45-48,52-60H,18-19,26-44,70-72H2,1-8H3,(H,73,82)(H,74,83)(H,75,84)(H,76,81)(H,77,87)(H,78,88)(H,79,89)(H,80,90)(H,85,86)/t52-,53-,54-,55-,56-,57-,58-,59-,60+/m0/s1. The van der Waals surface area contributed by atoms with Crippen LogP contribution in [-0.4, -0.2) is 128 Å². The van der Waals surface area contributed by atoms with Crippen molar-refractivity contribution in [3.05, 3.63) is 108 Å². The zero-order valence-corrected chi connectivity index (χ0v) is 54.9. The molecule has 90 heavy (non-hydrogen) atoms. The van der Waals surface area contributed by atoms with Crippen molar-refractivity contribution >= 4 is 53.2 Å². The Balaban J connectivity index is 1.65. The van der Waals surface area contributed by atoms with Gasteiger partial charge in [0.1, 0.15) is 0 Å². The van der Waals surface area contributed by atoms with Crippen molar-refractivity contribution in [3.63, 3.8) is 0 Å². The summed E-state index contributed by atoms with van der Waals surface area (Å²) in [6.07, 6.45) is 3.84. The third kappa shape index (κ3) is 33.0. The minimum atomic E-state index is -1.04. The smallest absolute Gasteiger partial charge is 0.305 e. The Labute approximate surface area is 535 Å². The second-order valence-electron chi connectivity index (χ2n) is 26.0. The molecule has 0 unspecified atom stereocenters. The fourth-order valence-corrected chi connectivity index (χ4v) is 11.1. The van der Waals surface area contributed by atoms with Crippen molar-refractivity contribution in [1.29, 1.82) is 0 Å². The van der Waals surface area contributed by atoms with Gasteiger partial charge >= 0.3 is 5.97 Å². The summed E-state index contributed by atoms with van der Waals surface area (Å²) in [6.45, 7) is 16.3. The lowest BCUT2D eigenvalue weighted by molar-refractivity contribution is -0.138. The van der Waals surface area contributed by atoms with Gasteiger partial charge in [-0.05, 0) is 118 Å². The Morgan fingerprint density at radius 2 is 0.711 bits per heavy atom.